The van der Waals surface area contributed by atoms with Crippen LogP contribution in [0.2, 0.25) is 0 Å². The van der Waals surface area contributed by atoms with Gasteiger partial charge in [-0.1, -0.05) is 24.3 Å². The summed E-state index contributed by atoms with van der Waals surface area (Å²) in [7, 11) is 0. The van der Waals surface area contributed by atoms with E-state index in [4.69, 9.17) is 5.73 Å². The molecule has 0 bridgehead atoms. The molecule has 0 radical (unpaired) electrons. The summed E-state index contributed by atoms with van der Waals surface area (Å²) in [6.07, 6.45) is -7.53. The molecule has 2 aromatic carbocycles. The number of benzene rings is 2. The Morgan fingerprint density at radius 2 is 1.50 bits per heavy atom. The molecule has 0 heterocycles. The normalized spacial score (nSPS) is 14.8. The van der Waals surface area contributed by atoms with Crippen LogP contribution in [0, 0.1) is 0 Å². The molecule has 0 saturated carbocycles. The average molecular weight is 337 g/mol. The van der Waals surface area contributed by atoms with Crippen LogP contribution in [0.1, 0.15) is 31.8 Å². The SMILES string of the molecule is NC(Oc1ccc(O)c2c1C(=O)c1ccccc1C2=O)C(F)(F)F. The van der Waals surface area contributed by atoms with E-state index in [1.807, 2.05) is 0 Å². The highest BCUT2D eigenvalue weighted by molar-refractivity contribution is 6.30. The number of halogens is 3. The van der Waals surface area contributed by atoms with Gasteiger partial charge in [0, 0.05) is 11.1 Å². The largest absolute Gasteiger partial charge is 0.507 e. The number of phenolic OH excluding ortho intramolecular Hbond substituents is 1. The molecule has 24 heavy (non-hydrogen) atoms. The maximum Gasteiger partial charge on any atom is 0.439 e. The summed E-state index contributed by atoms with van der Waals surface area (Å²) in [5.74, 6) is -2.43. The van der Waals surface area contributed by atoms with Crippen LogP contribution in [0.25, 0.3) is 0 Å². The number of ether oxygens (including phenoxy) is 1. The number of carbonyl (C=O) groups excluding carboxylic acids is 2. The lowest BCUT2D eigenvalue weighted by Crippen LogP contribution is -2.42. The van der Waals surface area contributed by atoms with Gasteiger partial charge in [-0.2, -0.15) is 13.2 Å². The first kappa shape index (κ1) is 16.0. The van der Waals surface area contributed by atoms with Gasteiger partial charge in [-0.3, -0.25) is 15.3 Å². The summed E-state index contributed by atoms with van der Waals surface area (Å²) in [6.45, 7) is 0. The first-order chi connectivity index (χ1) is 11.2. The minimum Gasteiger partial charge on any atom is -0.507 e. The Balaban J connectivity index is 2.17. The highest BCUT2D eigenvalue weighted by Gasteiger charge is 2.41. The van der Waals surface area contributed by atoms with Gasteiger partial charge in [-0.15, -0.1) is 0 Å². The monoisotopic (exact) mass is 337 g/mol. The van der Waals surface area contributed by atoms with E-state index in [1.165, 1.54) is 24.3 Å². The fraction of sp³-hybridized carbons (Fsp3) is 0.125. The third-order valence-corrected chi connectivity index (χ3v) is 3.59. The minimum atomic E-state index is -4.86. The predicted molar refractivity (Wildman–Crippen MR) is 76.1 cm³/mol. The number of alkyl halides is 3. The van der Waals surface area contributed by atoms with E-state index in [9.17, 15) is 27.9 Å². The molecule has 0 amide bonds. The number of carbonyl (C=O) groups is 2. The summed E-state index contributed by atoms with van der Waals surface area (Å²) in [5, 5.41) is 9.91. The summed E-state index contributed by atoms with van der Waals surface area (Å²) >= 11 is 0. The quantitative estimate of drug-likeness (QED) is 0.701. The topological polar surface area (TPSA) is 89.6 Å². The maximum absolute atomic E-state index is 12.6. The summed E-state index contributed by atoms with van der Waals surface area (Å²) in [4.78, 5) is 25.1. The molecule has 3 rings (SSSR count). The zero-order valence-electron chi connectivity index (χ0n) is 11.9. The molecule has 0 aromatic heterocycles. The summed E-state index contributed by atoms with van der Waals surface area (Å²) < 4.78 is 42.5. The van der Waals surface area contributed by atoms with Crippen molar-refractivity contribution in [3.05, 3.63) is 58.7 Å². The zero-order valence-corrected chi connectivity index (χ0v) is 11.9. The minimum absolute atomic E-state index is 0.0195. The third kappa shape index (κ3) is 2.41. The Morgan fingerprint density at radius 3 is 2.04 bits per heavy atom. The van der Waals surface area contributed by atoms with Crippen molar-refractivity contribution in [1.29, 1.82) is 0 Å². The Labute approximate surface area is 133 Å². The van der Waals surface area contributed by atoms with Gasteiger partial charge in [0.1, 0.15) is 11.5 Å². The van der Waals surface area contributed by atoms with Gasteiger partial charge < -0.3 is 9.84 Å². The van der Waals surface area contributed by atoms with Crippen molar-refractivity contribution < 1.29 is 32.6 Å². The molecule has 1 unspecified atom stereocenters. The lowest BCUT2D eigenvalue weighted by molar-refractivity contribution is -0.193. The zero-order chi connectivity index (χ0) is 17.6. The van der Waals surface area contributed by atoms with Crippen LogP contribution in [-0.4, -0.2) is 29.1 Å². The number of hydrogen-bond donors (Lipinski definition) is 2. The Hall–Kier alpha value is -2.87. The number of fused-ring (bicyclic) bond motifs is 2. The molecule has 0 aliphatic heterocycles. The van der Waals surface area contributed by atoms with E-state index in [1.54, 1.807) is 0 Å². The van der Waals surface area contributed by atoms with Crippen LogP contribution >= 0.6 is 0 Å². The van der Waals surface area contributed by atoms with Crippen molar-refractivity contribution in [2.75, 3.05) is 0 Å². The van der Waals surface area contributed by atoms with E-state index in [2.05, 4.69) is 4.74 Å². The molecule has 1 aliphatic carbocycles. The molecule has 5 nitrogen and oxygen atoms in total. The molecule has 1 aliphatic rings. The summed E-state index contributed by atoms with van der Waals surface area (Å²) in [5.41, 5.74) is 4.17. The van der Waals surface area contributed by atoms with E-state index >= 15 is 0 Å². The first-order valence-electron chi connectivity index (χ1n) is 6.75. The Kier molecular flexibility index (Phi) is 3.56. The van der Waals surface area contributed by atoms with Crippen LogP contribution in [0.4, 0.5) is 13.2 Å². The fourth-order valence-corrected chi connectivity index (χ4v) is 2.48. The lowest BCUT2D eigenvalue weighted by Gasteiger charge is -2.23. The van der Waals surface area contributed by atoms with Crippen LogP contribution in [0.15, 0.2) is 36.4 Å². The number of ketones is 2. The van der Waals surface area contributed by atoms with Crippen molar-refractivity contribution in [3.8, 4) is 11.5 Å². The van der Waals surface area contributed by atoms with E-state index < -0.39 is 46.6 Å². The average Bonchev–Trinajstić information content (AvgIpc) is 2.53. The van der Waals surface area contributed by atoms with Crippen LogP contribution in [0.3, 0.4) is 0 Å². The van der Waals surface area contributed by atoms with Crippen LogP contribution in [0.5, 0.6) is 11.5 Å². The van der Waals surface area contributed by atoms with E-state index in [-0.39, 0.29) is 11.1 Å². The fourth-order valence-electron chi connectivity index (χ4n) is 2.48. The molecule has 3 N–H and O–H groups in total. The van der Waals surface area contributed by atoms with Crippen LogP contribution in [-0.2, 0) is 0 Å². The molecule has 0 spiro atoms. The van der Waals surface area contributed by atoms with Crippen molar-refractivity contribution in [1.82, 2.24) is 0 Å². The standard InChI is InChI=1S/C16H10F3NO4/c17-16(18,19)15(20)24-10-6-5-9(21)11-12(10)14(23)8-4-2-1-3-7(8)13(11)22/h1-6,15,21H,20H2. The summed E-state index contributed by atoms with van der Waals surface area (Å²) in [6, 6.07) is 7.77. The molecule has 124 valence electrons. The first-order valence-corrected chi connectivity index (χ1v) is 6.75. The molecular formula is C16H10F3NO4. The van der Waals surface area contributed by atoms with E-state index in [0.717, 1.165) is 12.1 Å². The molecule has 8 heteroatoms. The number of phenols is 1. The van der Waals surface area contributed by atoms with Gasteiger partial charge in [0.15, 0.2) is 11.6 Å². The van der Waals surface area contributed by atoms with Crippen molar-refractivity contribution in [2.24, 2.45) is 5.73 Å². The number of hydrogen-bond acceptors (Lipinski definition) is 5. The smallest absolute Gasteiger partial charge is 0.439 e. The number of nitrogens with two attached hydrogens (primary N) is 1. The van der Waals surface area contributed by atoms with Gasteiger partial charge in [-0.25, -0.2) is 0 Å². The molecule has 1 atom stereocenters. The molecule has 2 aromatic rings. The lowest BCUT2D eigenvalue weighted by atomic mass is 9.83. The molecule has 0 fully saturated rings. The number of aromatic hydroxyl groups is 1. The van der Waals surface area contributed by atoms with E-state index in [0.29, 0.717) is 0 Å². The van der Waals surface area contributed by atoms with Gasteiger partial charge in [0.25, 0.3) is 0 Å². The van der Waals surface area contributed by atoms with Gasteiger partial charge >= 0.3 is 6.18 Å². The predicted octanol–water partition coefficient (Wildman–Crippen LogP) is 2.39. The third-order valence-electron chi connectivity index (χ3n) is 3.59. The molecular weight excluding hydrogens is 327 g/mol. The Morgan fingerprint density at radius 1 is 0.958 bits per heavy atom. The van der Waals surface area contributed by atoms with Gasteiger partial charge in [0.05, 0.1) is 11.1 Å². The second kappa shape index (κ2) is 5.34. The molecule has 0 saturated heterocycles. The van der Waals surface area contributed by atoms with Gasteiger partial charge in [-0.05, 0) is 12.1 Å². The van der Waals surface area contributed by atoms with Crippen molar-refractivity contribution >= 4 is 11.6 Å². The highest BCUT2D eigenvalue weighted by atomic mass is 19.4. The highest BCUT2D eigenvalue weighted by Crippen LogP contribution is 2.38. The second-order valence-corrected chi connectivity index (χ2v) is 5.12. The second-order valence-electron chi connectivity index (χ2n) is 5.12. The van der Waals surface area contributed by atoms with Crippen molar-refractivity contribution in [2.45, 2.75) is 12.4 Å². The number of rotatable bonds is 2. The van der Waals surface area contributed by atoms with Gasteiger partial charge in [0.2, 0.25) is 6.23 Å². The Bertz CT molecular complexity index is 861. The van der Waals surface area contributed by atoms with Crippen LogP contribution < -0.4 is 10.5 Å². The van der Waals surface area contributed by atoms with Crippen molar-refractivity contribution in [3.63, 3.8) is 0 Å². The maximum atomic E-state index is 12.6.